The van der Waals surface area contributed by atoms with Crippen molar-refractivity contribution in [2.24, 2.45) is 0 Å². The summed E-state index contributed by atoms with van der Waals surface area (Å²) in [5.41, 5.74) is 0.675. The minimum absolute atomic E-state index is 0.129. The predicted molar refractivity (Wildman–Crippen MR) is 89.8 cm³/mol. The van der Waals surface area contributed by atoms with E-state index in [0.29, 0.717) is 5.69 Å². The van der Waals surface area contributed by atoms with E-state index in [1.165, 1.54) is 30.0 Å². The van der Waals surface area contributed by atoms with E-state index in [9.17, 15) is 19.7 Å². The van der Waals surface area contributed by atoms with E-state index in [0.717, 1.165) is 6.08 Å². The van der Waals surface area contributed by atoms with Crippen LogP contribution >= 0.6 is 0 Å². The number of carbonyl (C=O) groups excluding carboxylic acids is 2. The maximum absolute atomic E-state index is 12.3. The molecule has 0 N–H and O–H groups in total. The molecule has 1 aromatic heterocycles. The molecule has 0 unspecified atom stereocenters. The second kappa shape index (κ2) is 7.91. The van der Waals surface area contributed by atoms with Crippen LogP contribution in [0, 0.1) is 10.1 Å². The minimum Gasteiger partial charge on any atom is -0.449 e. The van der Waals surface area contributed by atoms with E-state index in [1.54, 1.807) is 31.3 Å². The first-order valence-corrected chi connectivity index (χ1v) is 7.34. The van der Waals surface area contributed by atoms with Crippen LogP contribution < -0.4 is 4.90 Å². The Kier molecular flexibility index (Phi) is 5.67. The van der Waals surface area contributed by atoms with Crippen molar-refractivity contribution in [3.8, 4) is 0 Å². The number of furan rings is 1. The number of likely N-dealkylation sites (N-methyl/N-ethyl adjacent to an activating group) is 1. The fourth-order valence-corrected chi connectivity index (χ4v) is 2.00. The van der Waals surface area contributed by atoms with Crippen LogP contribution in [0.2, 0.25) is 0 Å². The SMILES string of the molecule is C[C@H](OC(=O)/C=C/c1ccc([N+](=O)[O-])o1)C(=O)N(C)c1ccccc1. The van der Waals surface area contributed by atoms with Crippen LogP contribution in [0.4, 0.5) is 11.6 Å². The lowest BCUT2D eigenvalue weighted by Gasteiger charge is -2.21. The number of esters is 1. The zero-order chi connectivity index (χ0) is 18.4. The summed E-state index contributed by atoms with van der Waals surface area (Å²) in [6, 6.07) is 11.5. The standard InChI is InChI=1S/C17H16N2O6/c1-12(17(21)18(2)13-6-4-3-5-7-13)24-16(20)11-9-14-8-10-15(25-14)19(22)23/h3-12H,1-2H3/b11-9+/t12-/m0/s1. The van der Waals surface area contributed by atoms with Gasteiger partial charge in [-0.2, -0.15) is 0 Å². The van der Waals surface area contributed by atoms with E-state index < -0.39 is 22.9 Å². The molecule has 1 amide bonds. The van der Waals surface area contributed by atoms with Gasteiger partial charge in [0, 0.05) is 18.8 Å². The van der Waals surface area contributed by atoms with E-state index in [1.807, 2.05) is 6.07 Å². The molecule has 25 heavy (non-hydrogen) atoms. The molecule has 0 radical (unpaired) electrons. The fourth-order valence-electron chi connectivity index (χ4n) is 2.00. The number of para-hydroxylation sites is 1. The van der Waals surface area contributed by atoms with Crippen molar-refractivity contribution < 1.29 is 23.7 Å². The smallest absolute Gasteiger partial charge is 0.433 e. The molecular formula is C17H16N2O6. The molecule has 0 saturated heterocycles. The molecular weight excluding hydrogens is 328 g/mol. The molecule has 2 aromatic rings. The third kappa shape index (κ3) is 4.77. The average molecular weight is 344 g/mol. The van der Waals surface area contributed by atoms with Crippen LogP contribution in [0.15, 0.2) is 53.0 Å². The van der Waals surface area contributed by atoms with Gasteiger partial charge in [0.25, 0.3) is 5.91 Å². The average Bonchev–Trinajstić information content (AvgIpc) is 3.08. The molecule has 8 nitrogen and oxygen atoms in total. The molecule has 0 aliphatic heterocycles. The third-order valence-corrected chi connectivity index (χ3v) is 3.29. The largest absolute Gasteiger partial charge is 0.449 e. The van der Waals surface area contributed by atoms with E-state index in [2.05, 4.69) is 0 Å². The summed E-state index contributed by atoms with van der Waals surface area (Å²) in [5, 5.41) is 10.5. The maximum Gasteiger partial charge on any atom is 0.433 e. The highest BCUT2D eigenvalue weighted by Crippen LogP contribution is 2.17. The molecule has 1 aromatic carbocycles. The number of hydrogen-bond donors (Lipinski definition) is 0. The highest BCUT2D eigenvalue weighted by Gasteiger charge is 2.21. The third-order valence-electron chi connectivity index (χ3n) is 3.29. The lowest BCUT2D eigenvalue weighted by atomic mass is 10.2. The summed E-state index contributed by atoms with van der Waals surface area (Å²) in [7, 11) is 1.58. The number of benzene rings is 1. The Morgan fingerprint density at radius 1 is 1.24 bits per heavy atom. The van der Waals surface area contributed by atoms with Gasteiger partial charge in [-0.25, -0.2) is 4.79 Å². The van der Waals surface area contributed by atoms with Crippen molar-refractivity contribution in [3.05, 3.63) is 64.4 Å². The van der Waals surface area contributed by atoms with Crippen LogP contribution in [0.5, 0.6) is 0 Å². The Labute approximate surface area is 143 Å². The van der Waals surface area contributed by atoms with Gasteiger partial charge in [-0.1, -0.05) is 18.2 Å². The van der Waals surface area contributed by atoms with Crippen LogP contribution in [-0.4, -0.2) is 30.0 Å². The van der Waals surface area contributed by atoms with Crippen LogP contribution in [-0.2, 0) is 14.3 Å². The summed E-state index contributed by atoms with van der Waals surface area (Å²) in [5.74, 6) is -1.45. The normalized spacial score (nSPS) is 11.9. The molecule has 0 spiro atoms. The molecule has 1 atom stereocenters. The van der Waals surface area contributed by atoms with E-state index in [-0.39, 0.29) is 11.7 Å². The van der Waals surface area contributed by atoms with Gasteiger partial charge in [0.05, 0.1) is 6.07 Å². The van der Waals surface area contributed by atoms with Gasteiger partial charge in [-0.05, 0) is 31.2 Å². The van der Waals surface area contributed by atoms with Gasteiger partial charge >= 0.3 is 11.9 Å². The lowest BCUT2D eigenvalue weighted by Crippen LogP contribution is -2.37. The number of anilines is 1. The van der Waals surface area contributed by atoms with E-state index in [4.69, 9.17) is 9.15 Å². The lowest BCUT2D eigenvalue weighted by molar-refractivity contribution is -0.402. The molecule has 0 saturated carbocycles. The summed E-state index contributed by atoms with van der Waals surface area (Å²) >= 11 is 0. The predicted octanol–water partition coefficient (Wildman–Crippen LogP) is 2.80. The monoisotopic (exact) mass is 344 g/mol. The quantitative estimate of drug-likeness (QED) is 0.345. The molecule has 0 fully saturated rings. The molecule has 0 aliphatic carbocycles. The molecule has 130 valence electrons. The summed E-state index contributed by atoms with van der Waals surface area (Å²) in [6.07, 6.45) is 1.27. The Morgan fingerprint density at radius 2 is 1.92 bits per heavy atom. The first-order chi connectivity index (χ1) is 11.9. The van der Waals surface area contributed by atoms with Crippen LogP contribution in [0.1, 0.15) is 12.7 Å². The Hall–Kier alpha value is -3.42. The van der Waals surface area contributed by atoms with Crippen LogP contribution in [0.3, 0.4) is 0 Å². The van der Waals surface area contributed by atoms with Crippen molar-refractivity contribution >= 4 is 29.5 Å². The van der Waals surface area contributed by atoms with Crippen molar-refractivity contribution in [3.63, 3.8) is 0 Å². The van der Waals surface area contributed by atoms with Crippen molar-refractivity contribution in [1.29, 1.82) is 0 Å². The molecule has 8 heteroatoms. The van der Waals surface area contributed by atoms with Crippen molar-refractivity contribution in [1.82, 2.24) is 0 Å². The Bertz CT molecular complexity index is 796. The summed E-state index contributed by atoms with van der Waals surface area (Å²) in [6.45, 7) is 1.46. The topological polar surface area (TPSA) is 103 Å². The van der Waals surface area contributed by atoms with Gasteiger partial charge in [0.15, 0.2) is 6.10 Å². The van der Waals surface area contributed by atoms with Gasteiger partial charge in [0.2, 0.25) is 0 Å². The van der Waals surface area contributed by atoms with Gasteiger partial charge in [0.1, 0.15) is 10.7 Å². The first-order valence-electron chi connectivity index (χ1n) is 7.34. The maximum atomic E-state index is 12.3. The molecule has 0 aliphatic rings. The number of ether oxygens (including phenoxy) is 1. The summed E-state index contributed by atoms with van der Waals surface area (Å²) < 4.78 is 9.91. The highest BCUT2D eigenvalue weighted by atomic mass is 16.6. The molecule has 1 heterocycles. The number of rotatable bonds is 6. The van der Waals surface area contributed by atoms with Crippen LogP contribution in [0.25, 0.3) is 6.08 Å². The van der Waals surface area contributed by atoms with Gasteiger partial charge in [-0.3, -0.25) is 14.9 Å². The highest BCUT2D eigenvalue weighted by molar-refractivity contribution is 5.98. The second-order valence-electron chi connectivity index (χ2n) is 5.08. The molecule has 0 bridgehead atoms. The molecule has 2 rings (SSSR count). The van der Waals surface area contributed by atoms with Crippen molar-refractivity contribution in [2.75, 3.05) is 11.9 Å². The number of nitro groups is 1. The number of amides is 1. The van der Waals surface area contributed by atoms with Gasteiger partial charge < -0.3 is 14.1 Å². The van der Waals surface area contributed by atoms with Crippen molar-refractivity contribution in [2.45, 2.75) is 13.0 Å². The zero-order valence-corrected chi connectivity index (χ0v) is 13.6. The summed E-state index contributed by atoms with van der Waals surface area (Å²) in [4.78, 5) is 35.2. The Balaban J connectivity index is 1.93. The zero-order valence-electron chi connectivity index (χ0n) is 13.6. The number of hydrogen-bond acceptors (Lipinski definition) is 6. The van der Waals surface area contributed by atoms with Gasteiger partial charge in [-0.15, -0.1) is 0 Å². The fraction of sp³-hybridized carbons (Fsp3) is 0.176. The number of carbonyl (C=O) groups is 2. The first kappa shape index (κ1) is 17.9. The Morgan fingerprint density at radius 3 is 2.52 bits per heavy atom. The second-order valence-corrected chi connectivity index (χ2v) is 5.08. The van der Waals surface area contributed by atoms with E-state index >= 15 is 0 Å². The minimum atomic E-state index is -0.992. The number of nitrogens with zero attached hydrogens (tertiary/aromatic N) is 2.